The second kappa shape index (κ2) is 4.69. The van der Waals surface area contributed by atoms with Crippen LogP contribution in [0.5, 0.6) is 5.75 Å². The summed E-state index contributed by atoms with van der Waals surface area (Å²) >= 11 is 0. The number of hydrogen-bond acceptors (Lipinski definition) is 3. The average molecular weight is 250 g/mol. The second-order valence-electron chi connectivity index (χ2n) is 4.42. The van der Waals surface area contributed by atoms with Crippen molar-refractivity contribution in [2.75, 3.05) is 7.11 Å². The van der Waals surface area contributed by atoms with Gasteiger partial charge in [-0.05, 0) is 18.6 Å². The molecule has 1 heterocycles. The van der Waals surface area contributed by atoms with Gasteiger partial charge in [0.1, 0.15) is 5.69 Å². The minimum absolute atomic E-state index is 0.778. The zero-order valence-corrected chi connectivity index (χ0v) is 10.9. The standard InChI is InChI=1S/C16H14N2O/c1-11-7-6-10-13-14(11)17-18-15(16(13)19-2)12-8-4-3-5-9-12/h3-10H,1-2H3. The van der Waals surface area contributed by atoms with Gasteiger partial charge in [0.25, 0.3) is 0 Å². The molecule has 0 N–H and O–H groups in total. The molecule has 3 aromatic rings. The molecular weight excluding hydrogens is 236 g/mol. The Morgan fingerprint density at radius 2 is 1.68 bits per heavy atom. The number of benzene rings is 2. The quantitative estimate of drug-likeness (QED) is 0.696. The topological polar surface area (TPSA) is 35.0 Å². The predicted octanol–water partition coefficient (Wildman–Crippen LogP) is 3.61. The van der Waals surface area contributed by atoms with Crippen molar-refractivity contribution in [3.8, 4) is 17.0 Å². The maximum atomic E-state index is 5.57. The normalized spacial score (nSPS) is 10.6. The minimum Gasteiger partial charge on any atom is -0.494 e. The third-order valence-corrected chi connectivity index (χ3v) is 3.20. The van der Waals surface area contributed by atoms with E-state index in [0.29, 0.717) is 0 Å². The zero-order chi connectivity index (χ0) is 13.2. The number of nitrogens with zero attached hydrogens (tertiary/aromatic N) is 2. The van der Waals surface area contributed by atoms with Crippen LogP contribution in [0, 0.1) is 6.92 Å². The summed E-state index contributed by atoms with van der Waals surface area (Å²) < 4.78 is 5.57. The summed E-state index contributed by atoms with van der Waals surface area (Å²) in [5.41, 5.74) is 3.78. The van der Waals surface area contributed by atoms with Crippen molar-refractivity contribution < 1.29 is 4.74 Å². The molecule has 1 aromatic heterocycles. The van der Waals surface area contributed by atoms with Gasteiger partial charge in [-0.15, -0.1) is 10.2 Å². The third-order valence-electron chi connectivity index (χ3n) is 3.20. The minimum atomic E-state index is 0.778. The highest BCUT2D eigenvalue weighted by Crippen LogP contribution is 2.34. The molecule has 0 fully saturated rings. The van der Waals surface area contributed by atoms with Crippen molar-refractivity contribution in [2.45, 2.75) is 6.92 Å². The van der Waals surface area contributed by atoms with Crippen molar-refractivity contribution in [1.82, 2.24) is 10.2 Å². The number of hydrogen-bond donors (Lipinski definition) is 0. The van der Waals surface area contributed by atoms with Gasteiger partial charge in [-0.25, -0.2) is 0 Å². The highest BCUT2D eigenvalue weighted by molar-refractivity contribution is 5.92. The monoisotopic (exact) mass is 250 g/mol. The first-order valence-corrected chi connectivity index (χ1v) is 6.16. The molecule has 0 amide bonds. The Kier molecular flexibility index (Phi) is 2.88. The summed E-state index contributed by atoms with van der Waals surface area (Å²) in [4.78, 5) is 0. The van der Waals surface area contributed by atoms with Crippen LogP contribution in [0.1, 0.15) is 5.56 Å². The maximum Gasteiger partial charge on any atom is 0.156 e. The Bertz CT molecular complexity index is 723. The first-order chi connectivity index (χ1) is 9.31. The van der Waals surface area contributed by atoms with Gasteiger partial charge in [-0.2, -0.15) is 0 Å². The highest BCUT2D eigenvalue weighted by atomic mass is 16.5. The molecule has 2 aromatic carbocycles. The average Bonchev–Trinajstić information content (AvgIpc) is 2.47. The number of rotatable bonds is 2. The Balaban J connectivity index is 2.33. The molecule has 0 unspecified atom stereocenters. The van der Waals surface area contributed by atoms with E-state index in [-0.39, 0.29) is 0 Å². The maximum absolute atomic E-state index is 5.57. The Labute approximate surface area is 111 Å². The molecule has 0 radical (unpaired) electrons. The van der Waals surface area contributed by atoms with Gasteiger partial charge in [-0.3, -0.25) is 0 Å². The van der Waals surface area contributed by atoms with Gasteiger partial charge < -0.3 is 4.74 Å². The van der Waals surface area contributed by atoms with Gasteiger partial charge in [-0.1, -0.05) is 42.5 Å². The van der Waals surface area contributed by atoms with Crippen molar-refractivity contribution in [3.05, 3.63) is 54.1 Å². The molecule has 0 aliphatic rings. The predicted molar refractivity (Wildman–Crippen MR) is 76.3 cm³/mol. The van der Waals surface area contributed by atoms with Crippen molar-refractivity contribution in [2.24, 2.45) is 0 Å². The molecular formula is C16H14N2O. The van der Waals surface area contributed by atoms with E-state index in [2.05, 4.69) is 10.2 Å². The van der Waals surface area contributed by atoms with E-state index >= 15 is 0 Å². The summed E-state index contributed by atoms with van der Waals surface area (Å²) in [5, 5.41) is 9.67. The van der Waals surface area contributed by atoms with E-state index < -0.39 is 0 Å². The molecule has 0 spiro atoms. The van der Waals surface area contributed by atoms with Crippen LogP contribution in [0.3, 0.4) is 0 Å². The molecule has 3 heteroatoms. The molecule has 0 aliphatic heterocycles. The van der Waals surface area contributed by atoms with Crippen LogP contribution in [0.2, 0.25) is 0 Å². The van der Waals surface area contributed by atoms with E-state index in [1.54, 1.807) is 7.11 Å². The molecule has 3 nitrogen and oxygen atoms in total. The van der Waals surface area contributed by atoms with Crippen LogP contribution < -0.4 is 4.74 Å². The number of methoxy groups -OCH3 is 1. The fraction of sp³-hybridized carbons (Fsp3) is 0.125. The number of fused-ring (bicyclic) bond motifs is 1. The molecule has 0 aliphatic carbocycles. The van der Waals surface area contributed by atoms with Crippen LogP contribution in [0.4, 0.5) is 0 Å². The molecule has 3 rings (SSSR count). The summed E-state index contributed by atoms with van der Waals surface area (Å²) in [5.74, 6) is 0.778. The van der Waals surface area contributed by atoms with Crippen molar-refractivity contribution in [1.29, 1.82) is 0 Å². The van der Waals surface area contributed by atoms with Crippen LogP contribution in [-0.2, 0) is 0 Å². The Morgan fingerprint density at radius 3 is 2.42 bits per heavy atom. The number of ether oxygens (including phenoxy) is 1. The van der Waals surface area contributed by atoms with Gasteiger partial charge in [0.15, 0.2) is 5.75 Å². The van der Waals surface area contributed by atoms with Crippen LogP contribution in [-0.4, -0.2) is 17.3 Å². The van der Waals surface area contributed by atoms with E-state index in [9.17, 15) is 0 Å². The van der Waals surface area contributed by atoms with E-state index in [1.807, 2.05) is 55.5 Å². The van der Waals surface area contributed by atoms with E-state index in [1.165, 1.54) is 0 Å². The van der Waals surface area contributed by atoms with Crippen LogP contribution >= 0.6 is 0 Å². The smallest absolute Gasteiger partial charge is 0.156 e. The Morgan fingerprint density at radius 1 is 0.895 bits per heavy atom. The molecule has 0 bridgehead atoms. The fourth-order valence-electron chi connectivity index (χ4n) is 2.24. The van der Waals surface area contributed by atoms with Gasteiger partial charge in [0.2, 0.25) is 0 Å². The lowest BCUT2D eigenvalue weighted by molar-refractivity contribution is 0.419. The molecule has 0 saturated carbocycles. The molecule has 0 atom stereocenters. The SMILES string of the molecule is COc1c(-c2ccccc2)nnc2c(C)cccc12. The zero-order valence-electron chi connectivity index (χ0n) is 10.9. The summed E-state index contributed by atoms with van der Waals surface area (Å²) in [7, 11) is 1.67. The first kappa shape index (κ1) is 11.7. The van der Waals surface area contributed by atoms with Gasteiger partial charge in [0.05, 0.1) is 12.6 Å². The molecule has 0 saturated heterocycles. The summed E-state index contributed by atoms with van der Waals surface area (Å²) in [6.07, 6.45) is 0. The van der Waals surface area contributed by atoms with Gasteiger partial charge in [0, 0.05) is 10.9 Å². The number of aromatic nitrogens is 2. The first-order valence-electron chi connectivity index (χ1n) is 6.16. The van der Waals surface area contributed by atoms with Gasteiger partial charge >= 0.3 is 0 Å². The fourth-order valence-corrected chi connectivity index (χ4v) is 2.24. The second-order valence-corrected chi connectivity index (χ2v) is 4.42. The lowest BCUT2D eigenvalue weighted by Gasteiger charge is -2.10. The van der Waals surface area contributed by atoms with E-state index in [4.69, 9.17) is 4.74 Å². The van der Waals surface area contributed by atoms with Crippen LogP contribution in [0.25, 0.3) is 22.2 Å². The Hall–Kier alpha value is -2.42. The molecule has 19 heavy (non-hydrogen) atoms. The summed E-state index contributed by atoms with van der Waals surface area (Å²) in [6.45, 7) is 2.03. The van der Waals surface area contributed by atoms with Crippen molar-refractivity contribution in [3.63, 3.8) is 0 Å². The van der Waals surface area contributed by atoms with E-state index in [0.717, 1.165) is 33.5 Å². The lowest BCUT2D eigenvalue weighted by atomic mass is 10.1. The van der Waals surface area contributed by atoms with Crippen LogP contribution in [0.15, 0.2) is 48.5 Å². The van der Waals surface area contributed by atoms with Crippen molar-refractivity contribution >= 4 is 10.9 Å². The summed E-state index contributed by atoms with van der Waals surface area (Å²) in [6, 6.07) is 16.0. The third kappa shape index (κ3) is 1.93. The number of aryl methyl sites for hydroxylation is 1. The molecule has 94 valence electrons. The highest BCUT2D eigenvalue weighted by Gasteiger charge is 2.13. The largest absolute Gasteiger partial charge is 0.494 e. The lowest BCUT2D eigenvalue weighted by Crippen LogP contribution is -1.97.